The number of unbranched alkanes of at least 4 members (excludes halogenated alkanes) is 2. The molecule has 0 bridgehead atoms. The zero-order chi connectivity index (χ0) is 59.6. The molecule has 77 heavy (non-hydrogen) atoms. The number of amidine groups is 1. The third kappa shape index (κ3) is 31.5. The van der Waals surface area contributed by atoms with Gasteiger partial charge in [0.05, 0.1) is 12.2 Å². The first-order chi connectivity index (χ1) is 35.9. The number of aromatic hydroxyl groups is 1. The summed E-state index contributed by atoms with van der Waals surface area (Å²) in [5.41, 5.74) is 10.1. The summed E-state index contributed by atoms with van der Waals surface area (Å²) in [6.07, 6.45) is 5.43. The summed E-state index contributed by atoms with van der Waals surface area (Å²) in [5, 5.41) is 38.1. The number of phenolic OH excluding ortho intramolecular Hbond substituents is 1. The molecule has 0 heterocycles. The lowest BCUT2D eigenvalue weighted by atomic mass is 9.97. The number of anilines is 1. The minimum absolute atomic E-state index is 0.00464. The van der Waals surface area contributed by atoms with Gasteiger partial charge in [-0.2, -0.15) is 5.12 Å². The maximum absolute atomic E-state index is 13.9. The number of phenols is 1. The average molecular weight is 1090 g/mol. The van der Waals surface area contributed by atoms with Crippen molar-refractivity contribution in [3.8, 4) is 5.75 Å². The molecule has 0 aliphatic heterocycles. The fourth-order valence-corrected chi connectivity index (χ4v) is 6.75. The molecule has 1 aromatic rings. The van der Waals surface area contributed by atoms with Crippen LogP contribution in [0.1, 0.15) is 128 Å². The second-order valence-corrected chi connectivity index (χ2v) is 20.3. The van der Waals surface area contributed by atoms with Crippen LogP contribution in [0.4, 0.5) is 5.69 Å². The number of nitrogens with one attached hydrogen (secondary N) is 9. The lowest BCUT2D eigenvalue weighted by molar-refractivity contribution is -0.138. The minimum Gasteiger partial charge on any atom is -0.508 e. The first kappa shape index (κ1) is 71.9. The van der Waals surface area contributed by atoms with E-state index in [9.17, 15) is 48.3 Å². The quantitative estimate of drug-likeness (QED) is 0.00908. The summed E-state index contributed by atoms with van der Waals surface area (Å²) in [7, 11) is 1.98. The highest BCUT2D eigenvalue weighted by molar-refractivity contribution is 6.37. The Morgan fingerprint density at radius 3 is 1.71 bits per heavy atom. The van der Waals surface area contributed by atoms with Gasteiger partial charge < -0.3 is 64.4 Å². The second kappa shape index (κ2) is 38.4. The average Bonchev–Trinajstić information content (AvgIpc) is 3.34. The van der Waals surface area contributed by atoms with E-state index in [4.69, 9.17) is 22.1 Å². The lowest BCUT2D eigenvalue weighted by Crippen LogP contribution is -2.63. The number of nitrogens with zero attached hydrogens (tertiary/aromatic N) is 2. The molecule has 0 saturated heterocycles. The van der Waals surface area contributed by atoms with Gasteiger partial charge in [0.25, 0.3) is 5.91 Å². The summed E-state index contributed by atoms with van der Waals surface area (Å²) in [5.74, 6) is -1.61. The van der Waals surface area contributed by atoms with Crippen molar-refractivity contribution in [3.05, 3.63) is 36.9 Å². The molecule has 1 rings (SSSR count). The molecule has 4 unspecified atom stereocenters. The number of allylic oxidation sites excluding steroid dienone is 1. The molecule has 9 amide bonds. The van der Waals surface area contributed by atoms with Crippen molar-refractivity contribution in [2.24, 2.45) is 46.1 Å². The van der Waals surface area contributed by atoms with E-state index in [1.807, 2.05) is 34.7 Å². The summed E-state index contributed by atoms with van der Waals surface area (Å²) in [6, 6.07) is 0.182. The van der Waals surface area contributed by atoms with E-state index in [2.05, 4.69) is 66.5 Å². The number of rotatable bonds is 31. The molecular formula is C52H92N14O11. The number of hydrogen-bond donors (Lipinski definition) is 13. The van der Waals surface area contributed by atoms with E-state index in [0.29, 0.717) is 18.4 Å². The number of nitrogens with two attached hydrogens (primary N) is 3. The van der Waals surface area contributed by atoms with Crippen molar-refractivity contribution in [1.29, 1.82) is 0 Å². The molecule has 5 atom stereocenters. The van der Waals surface area contributed by atoms with Gasteiger partial charge in [0, 0.05) is 13.5 Å². The summed E-state index contributed by atoms with van der Waals surface area (Å²) in [4.78, 5) is 126. The highest BCUT2D eigenvalue weighted by Gasteiger charge is 2.37. The van der Waals surface area contributed by atoms with Gasteiger partial charge in [0.2, 0.25) is 53.1 Å². The van der Waals surface area contributed by atoms with Crippen molar-refractivity contribution < 1.29 is 53.1 Å². The fourth-order valence-electron chi connectivity index (χ4n) is 6.75. The van der Waals surface area contributed by atoms with Crippen LogP contribution in [0.15, 0.2) is 42.0 Å². The van der Waals surface area contributed by atoms with Gasteiger partial charge in [0.1, 0.15) is 47.8 Å². The highest BCUT2D eigenvalue weighted by Crippen LogP contribution is 2.17. The number of hydrogen-bond acceptors (Lipinski definition) is 15. The maximum atomic E-state index is 13.9. The Morgan fingerprint density at radius 1 is 0.714 bits per heavy atom. The van der Waals surface area contributed by atoms with E-state index in [1.165, 1.54) is 64.0 Å². The lowest BCUT2D eigenvalue weighted by Gasteiger charge is -2.32. The number of primary amides is 1. The first-order valence-electron chi connectivity index (χ1n) is 25.9. The van der Waals surface area contributed by atoms with E-state index in [-0.39, 0.29) is 55.7 Å². The van der Waals surface area contributed by atoms with Crippen LogP contribution in [0.3, 0.4) is 0 Å². The van der Waals surface area contributed by atoms with Gasteiger partial charge >= 0.3 is 0 Å². The molecular weight excluding hydrogens is 997 g/mol. The molecule has 25 heteroatoms. The van der Waals surface area contributed by atoms with Crippen LogP contribution in [0, 0.1) is 23.7 Å². The normalized spacial score (nSPS) is 13.1. The molecule has 0 aliphatic carbocycles. The van der Waals surface area contributed by atoms with E-state index in [0.717, 1.165) is 11.7 Å². The number of hydrazine groups is 1. The molecule has 16 N–H and O–H groups in total. The Balaban J connectivity index is 0. The smallest absolute Gasteiger partial charge is 0.288 e. The molecule has 0 spiro atoms. The Labute approximate surface area is 455 Å². The maximum Gasteiger partial charge on any atom is 0.288 e. The highest BCUT2D eigenvalue weighted by atomic mass is 16.3. The molecule has 0 aliphatic rings. The van der Waals surface area contributed by atoms with Crippen molar-refractivity contribution in [3.63, 3.8) is 0 Å². The van der Waals surface area contributed by atoms with E-state index >= 15 is 0 Å². The van der Waals surface area contributed by atoms with E-state index < -0.39 is 107 Å². The summed E-state index contributed by atoms with van der Waals surface area (Å²) < 4.78 is 0. The van der Waals surface area contributed by atoms with Crippen LogP contribution < -0.4 is 70.3 Å². The predicted octanol–water partition coefficient (Wildman–Crippen LogP) is 0.353. The number of hydrazone groups is 1. The monoisotopic (exact) mass is 1090 g/mol. The number of aldehydes is 1. The zero-order valence-corrected chi connectivity index (χ0v) is 47.6. The standard InChI is InChI=1S/C44H75N13O10.C5H13N.C3H4O/c1-23(2)20-31(37(46)61)53-38(62)30(14-12-13-19-48-42(66)36(45)56-57(47)28-15-17-29(59)18-16-28)52-41(65)35(26(7)8)54-43(67)44(10,11)55-39(63)32(21-24(3)4)51-33(60)22-49-40(64)34(25(5)6)50-27(9)58;1-3-4-5-6-2;1-2-3-4/h15-18,23-26,30-32,34-35,59H,12-14,19-22,47H2,1-11H3,(H2,45,56)(H2,46,61)(H,48,66)(H,49,64)(H,50,58)(H,51,60)(H,52,65)(H,53,62)(H,54,67)(H,55,63);6H,3-5H2,1-2H3;2-3H,1H2/t30-,31?,32?,34?,35?;;/m0../s1. The number of amides is 9. The predicted molar refractivity (Wildman–Crippen MR) is 297 cm³/mol. The van der Waals surface area contributed by atoms with Crippen molar-refractivity contribution >= 4 is 71.0 Å². The molecule has 0 fully saturated rings. The largest absolute Gasteiger partial charge is 0.508 e. The van der Waals surface area contributed by atoms with Gasteiger partial charge in [-0.1, -0.05) is 75.3 Å². The fraction of sp³-hybridized carbons (Fsp3) is 0.635. The Bertz CT molecular complexity index is 2070. The van der Waals surface area contributed by atoms with Gasteiger partial charge in [0.15, 0.2) is 0 Å². The van der Waals surface area contributed by atoms with Gasteiger partial charge in [-0.3, -0.25) is 47.9 Å². The Hall–Kier alpha value is -7.15. The van der Waals surface area contributed by atoms with Gasteiger partial charge in [-0.25, -0.2) is 5.84 Å². The minimum atomic E-state index is -1.64. The Morgan fingerprint density at radius 2 is 1.25 bits per heavy atom. The molecule has 0 radical (unpaired) electrons. The van der Waals surface area contributed by atoms with Crippen LogP contribution in [0.5, 0.6) is 5.75 Å². The second-order valence-electron chi connectivity index (χ2n) is 20.3. The summed E-state index contributed by atoms with van der Waals surface area (Å²) in [6.45, 7) is 24.3. The number of carbonyl (C=O) groups is 10. The van der Waals surface area contributed by atoms with Crippen LogP contribution >= 0.6 is 0 Å². The first-order valence-corrected chi connectivity index (χ1v) is 25.9. The van der Waals surface area contributed by atoms with Crippen LogP contribution in [0.2, 0.25) is 0 Å². The molecule has 1 aromatic carbocycles. The molecule has 436 valence electrons. The van der Waals surface area contributed by atoms with Crippen molar-refractivity contribution in [2.75, 3.05) is 31.8 Å². The van der Waals surface area contributed by atoms with Gasteiger partial charge in [-0.05, 0) is 120 Å². The topological polar surface area (TPSA) is 393 Å². The van der Waals surface area contributed by atoms with Crippen LogP contribution in [0.25, 0.3) is 0 Å². The van der Waals surface area contributed by atoms with Crippen LogP contribution in [-0.2, 0) is 47.9 Å². The third-order valence-electron chi connectivity index (χ3n) is 11.0. The number of carbonyl (C=O) groups excluding carboxylic acids is 10. The summed E-state index contributed by atoms with van der Waals surface area (Å²) >= 11 is 0. The van der Waals surface area contributed by atoms with Gasteiger partial charge in [-0.15, -0.1) is 5.10 Å². The molecule has 25 nitrogen and oxygen atoms in total. The SMILES string of the molecule is C=CC=O.CC(=O)NC(C(=O)NCC(=O)NC(CC(C)C)C(=O)NC(C)(C)C(=O)NC(C(=O)N[C@@H](CCCCNC(=O)/C(N)=N/N(N)c1ccc(O)cc1)C(=O)NC(CC(C)C)C(N)=O)C(C)C)C(C)C.CCCCNC. The van der Waals surface area contributed by atoms with Crippen molar-refractivity contribution in [2.45, 2.75) is 164 Å². The number of benzene rings is 1. The van der Waals surface area contributed by atoms with Crippen LogP contribution in [-0.4, -0.2) is 133 Å². The molecule has 0 saturated carbocycles. The zero-order valence-electron chi connectivity index (χ0n) is 47.6. The molecule has 0 aromatic heterocycles. The Kier molecular flexibility index (Phi) is 35.9. The third-order valence-corrected chi connectivity index (χ3v) is 11.0. The van der Waals surface area contributed by atoms with Crippen molar-refractivity contribution in [1.82, 2.24) is 47.9 Å². The van der Waals surface area contributed by atoms with E-state index in [1.54, 1.807) is 27.7 Å².